The number of halogens is 1. The van der Waals surface area contributed by atoms with Crippen LogP contribution in [0.5, 0.6) is 0 Å². The van der Waals surface area contributed by atoms with E-state index in [1.54, 1.807) is 0 Å². The number of aromatic nitrogens is 1. The van der Waals surface area contributed by atoms with Crippen molar-refractivity contribution in [3.63, 3.8) is 0 Å². The lowest BCUT2D eigenvalue weighted by Crippen LogP contribution is -2.19. The molecule has 0 saturated carbocycles. The van der Waals surface area contributed by atoms with Crippen molar-refractivity contribution in [2.45, 2.75) is 12.8 Å². The molecule has 0 atom stereocenters. The highest BCUT2D eigenvalue weighted by Crippen LogP contribution is 2.25. The summed E-state index contributed by atoms with van der Waals surface area (Å²) in [6, 6.07) is 4.13. The van der Waals surface area contributed by atoms with Crippen LogP contribution in [0.2, 0.25) is 0 Å². The third kappa shape index (κ3) is 1.25. The Morgan fingerprint density at radius 1 is 1.55 bits per heavy atom. The van der Waals surface area contributed by atoms with E-state index in [1.807, 2.05) is 16.2 Å². The van der Waals surface area contributed by atoms with Crippen LogP contribution in [0.1, 0.15) is 12.0 Å². The van der Waals surface area contributed by atoms with Crippen LogP contribution in [0, 0.1) is 0 Å². The van der Waals surface area contributed by atoms with Crippen LogP contribution in [0.25, 0.3) is 0 Å². The van der Waals surface area contributed by atoms with Gasteiger partial charge in [-0.05, 0) is 24.5 Å². The molecule has 1 aliphatic heterocycles. The third-order valence-electron chi connectivity index (χ3n) is 1.90. The second-order valence-electron chi connectivity index (χ2n) is 2.68. The molecule has 0 amide bonds. The lowest BCUT2D eigenvalue weighted by molar-refractivity contribution is 0.787. The number of anilines is 1. The molecule has 0 aromatic carbocycles. The fourth-order valence-corrected chi connectivity index (χ4v) is 1.93. The zero-order valence-corrected chi connectivity index (χ0v) is 7.71. The van der Waals surface area contributed by atoms with Gasteiger partial charge in [-0.1, -0.05) is 6.07 Å². The minimum absolute atomic E-state index is 1.06. The first-order valence-corrected chi connectivity index (χ1v) is 4.46. The number of fused-ring (bicyclic) bond motifs is 1. The zero-order valence-electron chi connectivity index (χ0n) is 6.13. The van der Waals surface area contributed by atoms with Gasteiger partial charge < -0.3 is 0 Å². The predicted molar refractivity (Wildman–Crippen MR) is 48.8 cm³/mol. The molecule has 0 bridgehead atoms. The van der Waals surface area contributed by atoms with E-state index in [1.165, 1.54) is 12.0 Å². The summed E-state index contributed by atoms with van der Waals surface area (Å²) in [4.78, 5) is 4.28. The van der Waals surface area contributed by atoms with Crippen LogP contribution < -0.4 is 3.93 Å². The lowest BCUT2D eigenvalue weighted by Gasteiger charge is -2.23. The minimum atomic E-state index is 1.06. The van der Waals surface area contributed by atoms with Crippen LogP contribution in [0.3, 0.4) is 0 Å². The summed E-state index contributed by atoms with van der Waals surface area (Å²) < 4.78 is 2.03. The molecule has 1 aromatic heterocycles. The summed E-state index contributed by atoms with van der Waals surface area (Å²) in [5.74, 6) is 1.08. The summed E-state index contributed by atoms with van der Waals surface area (Å²) in [5.41, 5.74) is 1.34. The maximum Gasteiger partial charge on any atom is 0.141 e. The van der Waals surface area contributed by atoms with Crippen molar-refractivity contribution in [1.82, 2.24) is 4.98 Å². The van der Waals surface area contributed by atoms with Gasteiger partial charge in [0.15, 0.2) is 0 Å². The highest BCUT2D eigenvalue weighted by Gasteiger charge is 2.14. The van der Waals surface area contributed by atoms with E-state index < -0.39 is 0 Å². The molecule has 3 heteroatoms. The normalized spacial score (nSPS) is 16.3. The van der Waals surface area contributed by atoms with Gasteiger partial charge in [-0.25, -0.2) is 4.98 Å². The summed E-state index contributed by atoms with van der Waals surface area (Å²) in [5, 5.41) is 0. The Bertz CT molecular complexity index is 262. The minimum Gasteiger partial charge on any atom is -0.293 e. The van der Waals surface area contributed by atoms with Gasteiger partial charge in [-0.2, -0.15) is 0 Å². The highest BCUT2D eigenvalue weighted by atomic mass is 79.9. The molecule has 2 heterocycles. The number of aryl methyl sites for hydroxylation is 1. The molecule has 11 heavy (non-hydrogen) atoms. The molecule has 2 rings (SSSR count). The summed E-state index contributed by atoms with van der Waals surface area (Å²) in [6.45, 7) is 1.06. The molecule has 1 aromatic rings. The molecule has 0 radical (unpaired) electrons. The van der Waals surface area contributed by atoms with E-state index in [2.05, 4.69) is 27.2 Å². The van der Waals surface area contributed by atoms with Gasteiger partial charge in [0.2, 0.25) is 0 Å². The Balaban J connectivity index is 2.44. The van der Waals surface area contributed by atoms with Crippen LogP contribution in [0.4, 0.5) is 5.82 Å². The van der Waals surface area contributed by atoms with Gasteiger partial charge in [-0.15, -0.1) is 0 Å². The van der Waals surface area contributed by atoms with Gasteiger partial charge in [-0.3, -0.25) is 3.93 Å². The van der Waals surface area contributed by atoms with Gasteiger partial charge >= 0.3 is 0 Å². The van der Waals surface area contributed by atoms with Crippen LogP contribution >= 0.6 is 16.1 Å². The van der Waals surface area contributed by atoms with Crippen molar-refractivity contribution in [3.05, 3.63) is 23.9 Å². The first-order chi connectivity index (χ1) is 5.38. The van der Waals surface area contributed by atoms with Gasteiger partial charge in [0, 0.05) is 12.7 Å². The topological polar surface area (TPSA) is 16.1 Å². The maximum absolute atomic E-state index is 4.28. The lowest BCUT2D eigenvalue weighted by atomic mass is 10.1. The fourth-order valence-electron chi connectivity index (χ4n) is 1.36. The van der Waals surface area contributed by atoms with Crippen molar-refractivity contribution in [3.8, 4) is 0 Å². The Hall–Kier alpha value is -0.570. The second kappa shape index (κ2) is 2.81. The molecular weight excluding hydrogens is 204 g/mol. The Labute approximate surface area is 74.6 Å². The monoisotopic (exact) mass is 212 g/mol. The molecule has 2 nitrogen and oxygen atoms in total. The van der Waals surface area contributed by atoms with Crippen molar-refractivity contribution in [2.75, 3.05) is 10.5 Å². The highest BCUT2D eigenvalue weighted by molar-refractivity contribution is 9.10. The molecular formula is C8H9BrN2. The van der Waals surface area contributed by atoms with Crippen LogP contribution in [-0.2, 0) is 6.42 Å². The van der Waals surface area contributed by atoms with Crippen molar-refractivity contribution in [1.29, 1.82) is 0 Å². The molecule has 0 spiro atoms. The third-order valence-corrected chi connectivity index (χ3v) is 2.59. The first-order valence-electron chi connectivity index (χ1n) is 3.75. The van der Waals surface area contributed by atoms with E-state index in [9.17, 15) is 0 Å². The van der Waals surface area contributed by atoms with E-state index >= 15 is 0 Å². The van der Waals surface area contributed by atoms with E-state index in [-0.39, 0.29) is 0 Å². The number of rotatable bonds is 0. The average Bonchev–Trinajstić information content (AvgIpc) is 2.06. The summed E-state index contributed by atoms with van der Waals surface area (Å²) in [7, 11) is 0. The molecule has 58 valence electrons. The van der Waals surface area contributed by atoms with Gasteiger partial charge in [0.1, 0.15) is 5.82 Å². The Morgan fingerprint density at radius 2 is 2.45 bits per heavy atom. The number of pyridine rings is 1. The van der Waals surface area contributed by atoms with Crippen molar-refractivity contribution in [2.24, 2.45) is 0 Å². The second-order valence-corrected chi connectivity index (χ2v) is 3.53. The Morgan fingerprint density at radius 3 is 3.27 bits per heavy atom. The number of hydrogen-bond donors (Lipinski definition) is 0. The van der Waals surface area contributed by atoms with E-state index in [0.29, 0.717) is 0 Å². The van der Waals surface area contributed by atoms with Crippen molar-refractivity contribution < 1.29 is 0 Å². The smallest absolute Gasteiger partial charge is 0.141 e. The largest absolute Gasteiger partial charge is 0.293 e. The summed E-state index contributed by atoms with van der Waals surface area (Å²) >= 11 is 3.46. The van der Waals surface area contributed by atoms with Gasteiger partial charge in [0.05, 0.1) is 16.1 Å². The first kappa shape index (κ1) is 7.10. The van der Waals surface area contributed by atoms with E-state index in [0.717, 1.165) is 18.8 Å². The molecule has 0 saturated heterocycles. The predicted octanol–water partition coefficient (Wildman–Crippen LogP) is 2.14. The van der Waals surface area contributed by atoms with Crippen molar-refractivity contribution >= 4 is 22.0 Å². The maximum atomic E-state index is 4.28. The molecule has 1 aliphatic rings. The molecule has 0 aliphatic carbocycles. The molecule has 0 unspecified atom stereocenters. The van der Waals surface area contributed by atoms with Crippen LogP contribution in [-0.4, -0.2) is 11.5 Å². The quantitative estimate of drug-likeness (QED) is 0.614. The summed E-state index contributed by atoms with van der Waals surface area (Å²) in [6.07, 6.45) is 4.20. The number of hydrogen-bond acceptors (Lipinski definition) is 2. The van der Waals surface area contributed by atoms with Crippen LogP contribution in [0.15, 0.2) is 18.3 Å². The standard InChI is InChI=1S/C8H9BrN2/c9-11-6-2-4-7-3-1-5-10-8(7)11/h1,3,5H,2,4,6H2. The van der Waals surface area contributed by atoms with E-state index in [4.69, 9.17) is 0 Å². The average molecular weight is 213 g/mol. The zero-order chi connectivity index (χ0) is 7.68. The SMILES string of the molecule is BrN1CCCc2cccnc21. The molecule has 0 fully saturated rings. The fraction of sp³-hybridized carbons (Fsp3) is 0.375. The Kier molecular flexibility index (Phi) is 1.82. The number of nitrogens with zero attached hydrogens (tertiary/aromatic N) is 2. The van der Waals surface area contributed by atoms with Gasteiger partial charge in [0.25, 0.3) is 0 Å². The molecule has 0 N–H and O–H groups in total.